The number of carbonyl (C=O) groups excluding carboxylic acids is 1. The SMILES string of the molecule is O=C1SC(=Cc2ccccc2)C=C1Br. The fraction of sp³-hybridized carbons (Fsp3) is 0. The topological polar surface area (TPSA) is 17.1 Å². The Bertz CT molecular complexity index is 420. The van der Waals surface area contributed by atoms with Gasteiger partial charge in [0.15, 0.2) is 0 Å². The summed E-state index contributed by atoms with van der Waals surface area (Å²) in [6.07, 6.45) is 3.84. The molecule has 1 aromatic rings. The fourth-order valence-electron chi connectivity index (χ4n) is 1.15. The largest absolute Gasteiger partial charge is 0.281 e. The number of rotatable bonds is 1. The molecule has 1 aliphatic rings. The van der Waals surface area contributed by atoms with E-state index in [0.717, 1.165) is 10.5 Å². The van der Waals surface area contributed by atoms with Gasteiger partial charge in [-0.25, -0.2) is 0 Å². The minimum atomic E-state index is 0.0761. The molecule has 0 amide bonds. The van der Waals surface area contributed by atoms with Crippen LogP contribution in [0.5, 0.6) is 0 Å². The molecule has 0 atom stereocenters. The molecule has 1 aromatic carbocycles. The van der Waals surface area contributed by atoms with Gasteiger partial charge in [-0.3, -0.25) is 4.79 Å². The van der Waals surface area contributed by atoms with Crippen LogP contribution in [0.25, 0.3) is 6.08 Å². The van der Waals surface area contributed by atoms with E-state index >= 15 is 0 Å². The number of benzene rings is 1. The third-order valence-electron chi connectivity index (χ3n) is 1.78. The van der Waals surface area contributed by atoms with Crippen LogP contribution < -0.4 is 0 Å². The third kappa shape index (κ3) is 2.16. The van der Waals surface area contributed by atoms with Crippen molar-refractivity contribution >= 4 is 38.9 Å². The Labute approximate surface area is 95.0 Å². The Morgan fingerprint density at radius 3 is 2.50 bits per heavy atom. The highest BCUT2D eigenvalue weighted by Crippen LogP contribution is 2.34. The van der Waals surface area contributed by atoms with Crippen molar-refractivity contribution in [3.63, 3.8) is 0 Å². The van der Waals surface area contributed by atoms with Crippen LogP contribution in [0.4, 0.5) is 0 Å². The lowest BCUT2D eigenvalue weighted by atomic mass is 10.2. The lowest BCUT2D eigenvalue weighted by Gasteiger charge is -1.93. The highest BCUT2D eigenvalue weighted by molar-refractivity contribution is 9.12. The van der Waals surface area contributed by atoms with Crippen LogP contribution in [0.2, 0.25) is 0 Å². The summed E-state index contributed by atoms with van der Waals surface area (Å²) in [4.78, 5) is 12.2. The van der Waals surface area contributed by atoms with Gasteiger partial charge in [-0.05, 0) is 45.4 Å². The van der Waals surface area contributed by atoms with E-state index < -0.39 is 0 Å². The maximum absolute atomic E-state index is 11.2. The van der Waals surface area contributed by atoms with Crippen LogP contribution in [-0.2, 0) is 4.79 Å². The van der Waals surface area contributed by atoms with Crippen molar-refractivity contribution in [2.24, 2.45) is 0 Å². The average molecular weight is 267 g/mol. The first-order valence-corrected chi connectivity index (χ1v) is 5.73. The number of carbonyl (C=O) groups is 1. The molecule has 0 radical (unpaired) electrons. The maximum Gasteiger partial charge on any atom is 0.231 e. The molecular weight excluding hydrogens is 260 g/mol. The van der Waals surface area contributed by atoms with Crippen LogP contribution in [-0.4, -0.2) is 5.12 Å². The molecular formula is C11H7BrOS. The summed E-state index contributed by atoms with van der Waals surface area (Å²) in [7, 11) is 0. The molecule has 0 aliphatic carbocycles. The molecule has 1 heterocycles. The van der Waals surface area contributed by atoms with Gasteiger partial charge in [0.2, 0.25) is 5.12 Å². The number of halogens is 1. The van der Waals surface area contributed by atoms with Crippen molar-refractivity contribution in [2.75, 3.05) is 0 Å². The third-order valence-corrected chi connectivity index (χ3v) is 3.51. The van der Waals surface area contributed by atoms with Gasteiger partial charge in [0.05, 0.1) is 4.48 Å². The molecule has 0 fully saturated rings. The normalized spacial score (nSPS) is 18.8. The Balaban J connectivity index is 2.26. The molecule has 0 spiro atoms. The zero-order valence-electron chi connectivity index (χ0n) is 7.24. The van der Waals surface area contributed by atoms with E-state index in [1.807, 2.05) is 42.5 Å². The molecule has 0 saturated carbocycles. The van der Waals surface area contributed by atoms with E-state index in [1.54, 1.807) is 0 Å². The van der Waals surface area contributed by atoms with E-state index in [1.165, 1.54) is 11.8 Å². The highest BCUT2D eigenvalue weighted by Gasteiger charge is 2.17. The second-order valence-electron chi connectivity index (χ2n) is 2.84. The summed E-state index contributed by atoms with van der Waals surface area (Å²) in [6, 6.07) is 9.95. The summed E-state index contributed by atoms with van der Waals surface area (Å²) in [5.41, 5.74) is 1.11. The van der Waals surface area contributed by atoms with E-state index in [2.05, 4.69) is 15.9 Å². The minimum Gasteiger partial charge on any atom is -0.281 e. The number of hydrogen-bond acceptors (Lipinski definition) is 2. The summed E-state index contributed by atoms with van der Waals surface area (Å²) in [5.74, 6) is 0. The average Bonchev–Trinajstić information content (AvgIpc) is 2.47. The fourth-order valence-corrected chi connectivity index (χ4v) is 2.54. The minimum absolute atomic E-state index is 0.0761. The van der Waals surface area contributed by atoms with Crippen LogP contribution in [0.1, 0.15) is 5.56 Å². The standard InChI is InChI=1S/C11H7BrOS/c12-10-7-9(14-11(10)13)6-8-4-2-1-3-5-8/h1-7H. The molecule has 0 N–H and O–H groups in total. The van der Waals surface area contributed by atoms with Crippen LogP contribution >= 0.6 is 27.7 Å². The van der Waals surface area contributed by atoms with Gasteiger partial charge >= 0.3 is 0 Å². The Hall–Kier alpha value is -0.800. The zero-order chi connectivity index (χ0) is 9.97. The second-order valence-corrected chi connectivity index (χ2v) is 4.74. The first-order valence-electron chi connectivity index (χ1n) is 4.12. The summed E-state index contributed by atoms with van der Waals surface area (Å²) < 4.78 is 0.643. The molecule has 0 saturated heterocycles. The first kappa shape index (κ1) is 9.74. The summed E-state index contributed by atoms with van der Waals surface area (Å²) in [5, 5.41) is 0.0761. The maximum atomic E-state index is 11.2. The van der Waals surface area contributed by atoms with E-state index in [4.69, 9.17) is 0 Å². The van der Waals surface area contributed by atoms with Gasteiger partial charge in [-0.1, -0.05) is 30.3 Å². The molecule has 0 bridgehead atoms. The number of allylic oxidation sites excluding steroid dienone is 1. The second kappa shape index (κ2) is 4.15. The van der Waals surface area contributed by atoms with Crippen LogP contribution in [0.15, 0.2) is 45.8 Å². The van der Waals surface area contributed by atoms with Crippen molar-refractivity contribution in [2.45, 2.75) is 0 Å². The molecule has 0 unspecified atom stereocenters. The van der Waals surface area contributed by atoms with E-state index in [0.29, 0.717) is 4.48 Å². The molecule has 1 aliphatic heterocycles. The van der Waals surface area contributed by atoms with Gasteiger partial charge in [0.25, 0.3) is 0 Å². The number of hydrogen-bond donors (Lipinski definition) is 0. The predicted molar refractivity (Wildman–Crippen MR) is 64.0 cm³/mol. The van der Waals surface area contributed by atoms with Gasteiger partial charge in [0, 0.05) is 4.91 Å². The van der Waals surface area contributed by atoms with Crippen molar-refractivity contribution in [1.82, 2.24) is 0 Å². The van der Waals surface area contributed by atoms with Gasteiger partial charge < -0.3 is 0 Å². The van der Waals surface area contributed by atoms with Crippen molar-refractivity contribution in [3.8, 4) is 0 Å². The Morgan fingerprint density at radius 1 is 1.21 bits per heavy atom. The summed E-state index contributed by atoms with van der Waals surface area (Å²) >= 11 is 4.46. The molecule has 0 aromatic heterocycles. The first-order chi connectivity index (χ1) is 6.75. The monoisotopic (exact) mass is 266 g/mol. The molecule has 14 heavy (non-hydrogen) atoms. The Kier molecular flexibility index (Phi) is 2.89. The predicted octanol–water partition coefficient (Wildman–Crippen LogP) is 3.58. The van der Waals surface area contributed by atoms with E-state index in [9.17, 15) is 4.79 Å². The van der Waals surface area contributed by atoms with Crippen LogP contribution in [0, 0.1) is 0 Å². The molecule has 3 heteroatoms. The smallest absolute Gasteiger partial charge is 0.231 e. The van der Waals surface area contributed by atoms with Crippen molar-refractivity contribution in [1.29, 1.82) is 0 Å². The molecule has 2 rings (SSSR count). The lowest BCUT2D eigenvalue weighted by Crippen LogP contribution is -1.79. The van der Waals surface area contributed by atoms with Crippen molar-refractivity contribution < 1.29 is 4.79 Å². The quantitative estimate of drug-likeness (QED) is 0.773. The van der Waals surface area contributed by atoms with Gasteiger partial charge in [0.1, 0.15) is 0 Å². The van der Waals surface area contributed by atoms with Crippen LogP contribution in [0.3, 0.4) is 0 Å². The molecule has 70 valence electrons. The van der Waals surface area contributed by atoms with Gasteiger partial charge in [-0.2, -0.15) is 0 Å². The van der Waals surface area contributed by atoms with Gasteiger partial charge in [-0.15, -0.1) is 0 Å². The lowest BCUT2D eigenvalue weighted by molar-refractivity contribution is -0.107. The Morgan fingerprint density at radius 2 is 1.93 bits per heavy atom. The summed E-state index contributed by atoms with van der Waals surface area (Å²) in [6.45, 7) is 0. The highest BCUT2D eigenvalue weighted by atomic mass is 79.9. The van der Waals surface area contributed by atoms with E-state index in [-0.39, 0.29) is 5.12 Å². The number of thioether (sulfide) groups is 1. The van der Waals surface area contributed by atoms with Crippen molar-refractivity contribution in [3.05, 3.63) is 51.4 Å². The zero-order valence-corrected chi connectivity index (χ0v) is 9.64. The molecule has 1 nitrogen and oxygen atoms in total.